The van der Waals surface area contributed by atoms with Gasteiger partial charge in [-0.3, -0.25) is 9.59 Å². The molecule has 7 heteroatoms. The van der Waals surface area contributed by atoms with Crippen molar-refractivity contribution in [3.63, 3.8) is 0 Å². The second-order valence-electron chi connectivity index (χ2n) is 5.95. The summed E-state index contributed by atoms with van der Waals surface area (Å²) in [5, 5.41) is 6.01. The number of anilines is 1. The molecule has 1 fully saturated rings. The summed E-state index contributed by atoms with van der Waals surface area (Å²) in [4.78, 5) is 29.8. The first-order chi connectivity index (χ1) is 12.0. The van der Waals surface area contributed by atoms with Crippen molar-refractivity contribution in [1.82, 2.24) is 15.2 Å². The fourth-order valence-electron chi connectivity index (χ4n) is 2.67. The monoisotopic (exact) mass is 402 g/mol. The summed E-state index contributed by atoms with van der Waals surface area (Å²) in [7, 11) is 0. The Balaban J connectivity index is 1.62. The molecule has 2 amide bonds. The third-order valence-electron chi connectivity index (χ3n) is 4.03. The molecule has 3 rings (SSSR count). The highest BCUT2D eigenvalue weighted by molar-refractivity contribution is 9.10. The van der Waals surface area contributed by atoms with Gasteiger partial charge in [-0.1, -0.05) is 12.1 Å². The molecule has 1 aromatic heterocycles. The van der Waals surface area contributed by atoms with Crippen LogP contribution in [0.3, 0.4) is 0 Å². The number of carbonyl (C=O) groups is 2. The van der Waals surface area contributed by atoms with E-state index in [0.29, 0.717) is 25.2 Å². The van der Waals surface area contributed by atoms with Gasteiger partial charge in [-0.15, -0.1) is 0 Å². The number of halogens is 1. The first-order valence-corrected chi connectivity index (χ1v) is 8.83. The van der Waals surface area contributed by atoms with Gasteiger partial charge in [0.2, 0.25) is 5.91 Å². The lowest BCUT2D eigenvalue weighted by molar-refractivity contribution is -0.123. The molecule has 0 spiro atoms. The van der Waals surface area contributed by atoms with Crippen molar-refractivity contribution in [2.45, 2.75) is 13.5 Å². The molecule has 2 N–H and O–H groups in total. The van der Waals surface area contributed by atoms with E-state index in [1.165, 1.54) is 0 Å². The number of hydrogen-bond donors (Lipinski definition) is 2. The molecule has 130 valence electrons. The number of hydrogen-bond acceptors (Lipinski definition) is 4. The van der Waals surface area contributed by atoms with Crippen LogP contribution in [-0.4, -0.2) is 41.3 Å². The molecule has 25 heavy (non-hydrogen) atoms. The molecule has 0 unspecified atom stereocenters. The van der Waals surface area contributed by atoms with Gasteiger partial charge in [0.15, 0.2) is 0 Å². The van der Waals surface area contributed by atoms with Crippen LogP contribution in [0.25, 0.3) is 0 Å². The van der Waals surface area contributed by atoms with Crippen LogP contribution in [0.15, 0.2) is 41.0 Å². The van der Waals surface area contributed by atoms with E-state index in [9.17, 15) is 9.59 Å². The third kappa shape index (κ3) is 4.36. The molecule has 0 atom stereocenters. The quantitative estimate of drug-likeness (QED) is 0.822. The van der Waals surface area contributed by atoms with Gasteiger partial charge < -0.3 is 15.5 Å². The van der Waals surface area contributed by atoms with Crippen LogP contribution in [0.4, 0.5) is 5.82 Å². The number of benzene rings is 1. The molecule has 2 aromatic rings. The molecule has 0 aliphatic carbocycles. The Kier molecular flexibility index (Phi) is 5.33. The van der Waals surface area contributed by atoms with Gasteiger partial charge in [-0.25, -0.2) is 4.98 Å². The Morgan fingerprint density at radius 3 is 2.80 bits per heavy atom. The summed E-state index contributed by atoms with van der Waals surface area (Å²) in [5.74, 6) is 0.611. The minimum absolute atomic E-state index is 0.111. The SMILES string of the molecule is Cc1cc(Br)cnc1NCc1ccc(C(=O)N2CCNC(=O)C2)cc1. The Bertz CT molecular complexity index is 792. The van der Waals surface area contributed by atoms with Gasteiger partial charge in [0.1, 0.15) is 5.82 Å². The number of carbonyl (C=O) groups excluding carboxylic acids is 2. The summed E-state index contributed by atoms with van der Waals surface area (Å²) < 4.78 is 0.949. The maximum Gasteiger partial charge on any atom is 0.254 e. The number of nitrogens with zero attached hydrogens (tertiary/aromatic N) is 2. The number of piperazine rings is 1. The topological polar surface area (TPSA) is 74.3 Å². The minimum atomic E-state index is -0.113. The Morgan fingerprint density at radius 2 is 2.12 bits per heavy atom. The van der Waals surface area contributed by atoms with Crippen molar-refractivity contribution in [2.24, 2.45) is 0 Å². The normalized spacial score (nSPS) is 14.2. The molecule has 1 aromatic carbocycles. The van der Waals surface area contributed by atoms with Crippen molar-refractivity contribution in [1.29, 1.82) is 0 Å². The molecular weight excluding hydrogens is 384 g/mol. The molecule has 0 radical (unpaired) electrons. The van der Waals surface area contributed by atoms with Gasteiger partial charge in [0.25, 0.3) is 5.91 Å². The predicted octanol–water partition coefficient (Wildman–Crippen LogP) is 2.34. The van der Waals surface area contributed by atoms with Crippen LogP contribution < -0.4 is 10.6 Å². The highest BCUT2D eigenvalue weighted by Gasteiger charge is 2.22. The van der Waals surface area contributed by atoms with E-state index in [1.54, 1.807) is 23.2 Å². The maximum atomic E-state index is 12.4. The smallest absolute Gasteiger partial charge is 0.254 e. The Labute approximate surface area is 154 Å². The highest BCUT2D eigenvalue weighted by Crippen LogP contribution is 2.17. The first-order valence-electron chi connectivity index (χ1n) is 8.04. The highest BCUT2D eigenvalue weighted by atomic mass is 79.9. The van der Waals surface area contributed by atoms with Crippen molar-refractivity contribution >= 4 is 33.6 Å². The second-order valence-corrected chi connectivity index (χ2v) is 6.86. The number of aromatic nitrogens is 1. The number of pyridine rings is 1. The minimum Gasteiger partial charge on any atom is -0.366 e. The number of aryl methyl sites for hydroxylation is 1. The zero-order valence-electron chi connectivity index (χ0n) is 13.9. The summed E-state index contributed by atoms with van der Waals surface area (Å²) in [6.07, 6.45) is 1.76. The van der Waals surface area contributed by atoms with E-state index in [-0.39, 0.29) is 18.4 Å². The Hall–Kier alpha value is -2.41. The third-order valence-corrected chi connectivity index (χ3v) is 4.46. The average Bonchev–Trinajstić information content (AvgIpc) is 2.61. The zero-order chi connectivity index (χ0) is 17.8. The average molecular weight is 403 g/mol. The van der Waals surface area contributed by atoms with E-state index in [2.05, 4.69) is 31.5 Å². The molecule has 1 saturated heterocycles. The molecule has 2 heterocycles. The molecule has 1 aliphatic rings. The summed E-state index contributed by atoms with van der Waals surface area (Å²) in [5.41, 5.74) is 2.71. The lowest BCUT2D eigenvalue weighted by atomic mass is 10.1. The van der Waals surface area contributed by atoms with E-state index in [0.717, 1.165) is 21.4 Å². The number of nitrogens with one attached hydrogen (secondary N) is 2. The van der Waals surface area contributed by atoms with Crippen LogP contribution in [0, 0.1) is 6.92 Å². The first kappa shape index (κ1) is 17.4. The lowest BCUT2D eigenvalue weighted by Gasteiger charge is -2.26. The van der Waals surface area contributed by atoms with E-state index in [1.807, 2.05) is 25.1 Å². The fraction of sp³-hybridized carbons (Fsp3) is 0.278. The number of rotatable bonds is 4. The predicted molar refractivity (Wildman–Crippen MR) is 99.4 cm³/mol. The van der Waals surface area contributed by atoms with Crippen molar-refractivity contribution in [3.05, 3.63) is 57.7 Å². The van der Waals surface area contributed by atoms with Crippen LogP contribution in [0.1, 0.15) is 21.5 Å². The van der Waals surface area contributed by atoms with Gasteiger partial charge in [0.05, 0.1) is 6.54 Å². The molecule has 6 nitrogen and oxygen atoms in total. The molecule has 1 aliphatic heterocycles. The van der Waals surface area contributed by atoms with E-state index < -0.39 is 0 Å². The van der Waals surface area contributed by atoms with E-state index in [4.69, 9.17) is 0 Å². The number of amides is 2. The summed E-state index contributed by atoms with van der Waals surface area (Å²) in [6, 6.07) is 9.43. The van der Waals surface area contributed by atoms with Gasteiger partial charge in [-0.2, -0.15) is 0 Å². The summed E-state index contributed by atoms with van der Waals surface area (Å²) in [6.45, 7) is 3.79. The fourth-order valence-corrected chi connectivity index (χ4v) is 3.12. The maximum absolute atomic E-state index is 12.4. The van der Waals surface area contributed by atoms with Gasteiger partial charge in [-0.05, 0) is 52.2 Å². The Morgan fingerprint density at radius 1 is 1.36 bits per heavy atom. The lowest BCUT2D eigenvalue weighted by Crippen LogP contribution is -2.49. The van der Waals surface area contributed by atoms with Crippen molar-refractivity contribution < 1.29 is 9.59 Å². The molecular formula is C18H19BrN4O2. The van der Waals surface area contributed by atoms with Crippen LogP contribution in [-0.2, 0) is 11.3 Å². The van der Waals surface area contributed by atoms with Crippen molar-refractivity contribution in [3.8, 4) is 0 Å². The van der Waals surface area contributed by atoms with Crippen LogP contribution >= 0.6 is 15.9 Å². The standard InChI is InChI=1S/C18H19BrN4O2/c1-12-8-15(19)10-22-17(12)21-9-13-2-4-14(5-3-13)18(25)23-7-6-20-16(24)11-23/h2-5,8,10H,6-7,9,11H2,1H3,(H,20,24)(H,21,22). The van der Waals surface area contributed by atoms with Crippen LogP contribution in [0.2, 0.25) is 0 Å². The van der Waals surface area contributed by atoms with Crippen LogP contribution in [0.5, 0.6) is 0 Å². The van der Waals surface area contributed by atoms with Crippen molar-refractivity contribution in [2.75, 3.05) is 25.0 Å². The van der Waals surface area contributed by atoms with Gasteiger partial charge >= 0.3 is 0 Å². The summed E-state index contributed by atoms with van der Waals surface area (Å²) >= 11 is 3.40. The largest absolute Gasteiger partial charge is 0.366 e. The zero-order valence-corrected chi connectivity index (χ0v) is 15.5. The molecule has 0 saturated carbocycles. The molecule has 0 bridgehead atoms. The van der Waals surface area contributed by atoms with E-state index >= 15 is 0 Å². The second kappa shape index (κ2) is 7.65. The van der Waals surface area contributed by atoms with Gasteiger partial charge in [0, 0.05) is 35.9 Å².